The molecule has 0 aliphatic rings. The number of carbonyl (C=O) groups excluding carboxylic acids is 1. The topological polar surface area (TPSA) is 124 Å². The molecule has 0 aromatic heterocycles. The minimum atomic E-state index is -1.17. The van der Waals surface area contributed by atoms with Crippen molar-refractivity contribution in [1.29, 1.82) is 0 Å². The molecule has 134 valence electrons. The first-order valence-corrected chi connectivity index (χ1v) is 7.21. The van der Waals surface area contributed by atoms with Gasteiger partial charge in [-0.15, -0.1) is 5.01 Å². The van der Waals surface area contributed by atoms with Crippen LogP contribution < -0.4 is 0 Å². The van der Waals surface area contributed by atoms with Crippen molar-refractivity contribution < 1.29 is 34.0 Å². The van der Waals surface area contributed by atoms with Gasteiger partial charge in [0.2, 0.25) is 5.28 Å². The molecule has 1 N–H and O–H groups in total. The number of ether oxygens (including phenoxy) is 2. The molecule has 0 spiro atoms. The molecule has 0 heterocycles. The maximum Gasteiger partial charge on any atom is 0.511 e. The van der Waals surface area contributed by atoms with Gasteiger partial charge >= 0.3 is 12.1 Å². The Labute approximate surface area is 135 Å². The highest BCUT2D eigenvalue weighted by Crippen LogP contribution is 2.11. The summed E-state index contributed by atoms with van der Waals surface area (Å²) in [5, 5.41) is 25.0. The maximum atomic E-state index is 11.8. The normalized spacial score (nSPS) is 14.3. The van der Waals surface area contributed by atoms with Crippen LogP contribution in [0.25, 0.3) is 0 Å². The molecule has 0 saturated heterocycles. The number of rotatable bonds is 9. The number of hydrazine groups is 1. The van der Waals surface area contributed by atoms with Crippen LogP contribution in [0.15, 0.2) is 5.28 Å². The van der Waals surface area contributed by atoms with Crippen molar-refractivity contribution >= 4 is 12.1 Å². The summed E-state index contributed by atoms with van der Waals surface area (Å²) in [6.07, 6.45) is -2.23. The van der Waals surface area contributed by atoms with Gasteiger partial charge < -0.3 is 19.8 Å². The van der Waals surface area contributed by atoms with E-state index in [1.807, 2.05) is 13.8 Å². The van der Waals surface area contributed by atoms with Crippen LogP contribution in [0.3, 0.4) is 0 Å². The van der Waals surface area contributed by atoms with Crippen LogP contribution in [-0.4, -0.2) is 52.7 Å². The second-order valence-corrected chi connectivity index (χ2v) is 5.60. The smallest absolute Gasteiger partial charge is 0.511 e. The number of hydrogen-bond donors (Lipinski definition) is 1. The predicted octanol–water partition coefficient (Wildman–Crippen LogP) is 2.13. The van der Waals surface area contributed by atoms with E-state index in [0.29, 0.717) is 0 Å². The minimum Gasteiger partial charge on any atom is -0.569 e. The minimum absolute atomic E-state index is 0.00515. The van der Waals surface area contributed by atoms with Gasteiger partial charge in [-0.05, 0) is 26.2 Å². The summed E-state index contributed by atoms with van der Waals surface area (Å²) in [7, 11) is 1.28. The lowest BCUT2D eigenvalue weighted by Crippen LogP contribution is -2.43. The van der Waals surface area contributed by atoms with E-state index in [9.17, 15) is 14.8 Å². The Bertz CT molecular complexity index is 426. The van der Waals surface area contributed by atoms with Crippen molar-refractivity contribution in [2.75, 3.05) is 7.05 Å². The number of nitrogens with zero attached hydrogens (tertiary/aromatic N) is 3. The summed E-state index contributed by atoms with van der Waals surface area (Å²) in [4.78, 5) is 27.1. The fourth-order valence-electron chi connectivity index (χ4n) is 1.52. The van der Waals surface area contributed by atoms with Crippen LogP contribution in [0.5, 0.6) is 0 Å². The number of aliphatic carboxylic acids is 1. The van der Waals surface area contributed by atoms with Crippen molar-refractivity contribution in [2.45, 2.75) is 59.5 Å². The highest BCUT2D eigenvalue weighted by Gasteiger charge is 2.29. The van der Waals surface area contributed by atoms with Crippen LogP contribution in [0.4, 0.5) is 4.79 Å². The molecular weight excluding hydrogens is 310 g/mol. The zero-order valence-corrected chi connectivity index (χ0v) is 14.3. The largest absolute Gasteiger partial charge is 0.569 e. The zero-order valence-electron chi connectivity index (χ0n) is 14.3. The third kappa shape index (κ3) is 8.69. The molecule has 0 rings (SSSR count). The zero-order chi connectivity index (χ0) is 18.2. The average molecular weight is 335 g/mol. The number of carbonyl (C=O) groups is 2. The molecule has 0 aromatic rings. The van der Waals surface area contributed by atoms with Gasteiger partial charge in [-0.3, -0.25) is 4.84 Å². The molecule has 0 amide bonds. The number of hydrogen-bond acceptors (Lipinski definition) is 7. The standard InChI is InChI=1S/C13H25N3O7/c1-8(2)7-11(12(17)18)15(6)16(20)14-23-10(5)22-13(19)21-9(3)4/h8-11H,7H2,1-6H3,(H,17,18)/t10?,11-/m0/s1. The van der Waals surface area contributed by atoms with Gasteiger partial charge in [0.1, 0.15) is 0 Å². The Morgan fingerprint density at radius 1 is 1.22 bits per heavy atom. The van der Waals surface area contributed by atoms with Crippen LogP contribution in [0, 0.1) is 11.1 Å². The van der Waals surface area contributed by atoms with Crippen LogP contribution in [0.1, 0.15) is 41.0 Å². The molecule has 0 aliphatic heterocycles. The molecule has 0 fully saturated rings. The van der Waals surface area contributed by atoms with Gasteiger partial charge in [0.15, 0.2) is 6.04 Å². The van der Waals surface area contributed by atoms with Crippen LogP contribution >= 0.6 is 0 Å². The molecule has 0 aromatic carbocycles. The molecule has 1 unspecified atom stereocenters. The first-order chi connectivity index (χ1) is 10.5. The summed E-state index contributed by atoms with van der Waals surface area (Å²) >= 11 is 0. The van der Waals surface area contributed by atoms with E-state index in [1.165, 1.54) is 14.0 Å². The van der Waals surface area contributed by atoms with E-state index in [1.54, 1.807) is 13.8 Å². The second kappa shape index (κ2) is 9.70. The summed E-state index contributed by atoms with van der Waals surface area (Å²) < 4.78 is 9.41. The van der Waals surface area contributed by atoms with Gasteiger partial charge in [0, 0.05) is 6.92 Å². The SMILES string of the molecule is CC(C)C[C@@H](C(=O)O)N(C)[N+]([O-])=NOC(C)OC(=O)OC(C)C. The highest BCUT2D eigenvalue weighted by atomic mass is 16.8. The first-order valence-electron chi connectivity index (χ1n) is 7.21. The number of carboxylic acids is 1. The number of likely N-dealkylation sites (N-methyl/N-ethyl adjacent to an activating group) is 1. The molecule has 0 aliphatic carbocycles. The van der Waals surface area contributed by atoms with Gasteiger partial charge in [-0.1, -0.05) is 13.8 Å². The Kier molecular flexibility index (Phi) is 8.74. The average Bonchev–Trinajstić information content (AvgIpc) is 2.39. The first kappa shape index (κ1) is 20.7. The van der Waals surface area contributed by atoms with E-state index in [0.717, 1.165) is 5.01 Å². The molecule has 2 atom stereocenters. The Balaban J connectivity index is 4.61. The van der Waals surface area contributed by atoms with E-state index in [-0.39, 0.29) is 23.4 Å². The van der Waals surface area contributed by atoms with Crippen molar-refractivity contribution in [1.82, 2.24) is 5.01 Å². The van der Waals surface area contributed by atoms with E-state index in [2.05, 4.69) is 10.0 Å². The Morgan fingerprint density at radius 2 is 1.78 bits per heavy atom. The lowest BCUT2D eigenvalue weighted by atomic mass is 10.0. The monoisotopic (exact) mass is 335 g/mol. The molecule has 0 bridgehead atoms. The highest BCUT2D eigenvalue weighted by molar-refractivity contribution is 5.73. The molecule has 0 radical (unpaired) electrons. The van der Waals surface area contributed by atoms with E-state index >= 15 is 0 Å². The molecule has 23 heavy (non-hydrogen) atoms. The van der Waals surface area contributed by atoms with Crippen LogP contribution in [0.2, 0.25) is 0 Å². The summed E-state index contributed by atoms with van der Waals surface area (Å²) in [6, 6.07) is -1.05. The van der Waals surface area contributed by atoms with Crippen LogP contribution in [-0.2, 0) is 19.1 Å². The second-order valence-electron chi connectivity index (χ2n) is 5.60. The molecule has 10 nitrogen and oxygen atoms in total. The molecular formula is C13H25N3O7. The van der Waals surface area contributed by atoms with Crippen molar-refractivity contribution in [3.8, 4) is 0 Å². The Hall–Kier alpha value is -2.26. The van der Waals surface area contributed by atoms with Gasteiger partial charge in [-0.25, -0.2) is 9.59 Å². The van der Waals surface area contributed by atoms with Crippen molar-refractivity contribution in [3.63, 3.8) is 0 Å². The molecule has 0 saturated carbocycles. The Morgan fingerprint density at radius 3 is 2.22 bits per heavy atom. The summed E-state index contributed by atoms with van der Waals surface area (Å²) in [5.74, 6) is -1.08. The van der Waals surface area contributed by atoms with Gasteiger partial charge in [0.25, 0.3) is 6.29 Å². The van der Waals surface area contributed by atoms with E-state index < -0.39 is 24.5 Å². The van der Waals surface area contributed by atoms with E-state index in [4.69, 9.17) is 14.7 Å². The molecule has 10 heteroatoms. The lowest BCUT2D eigenvalue weighted by molar-refractivity contribution is -0.712. The third-order valence-electron chi connectivity index (χ3n) is 2.56. The summed E-state index contributed by atoms with van der Waals surface area (Å²) in [5.41, 5.74) is 0. The predicted molar refractivity (Wildman–Crippen MR) is 77.9 cm³/mol. The maximum absolute atomic E-state index is 11.8. The van der Waals surface area contributed by atoms with Crippen molar-refractivity contribution in [2.24, 2.45) is 11.2 Å². The fourth-order valence-corrected chi connectivity index (χ4v) is 1.52. The van der Waals surface area contributed by atoms with Crippen molar-refractivity contribution in [3.05, 3.63) is 5.21 Å². The quantitative estimate of drug-likeness (QED) is 0.223. The third-order valence-corrected chi connectivity index (χ3v) is 2.56. The van der Waals surface area contributed by atoms with Gasteiger partial charge in [0.05, 0.1) is 18.1 Å². The van der Waals surface area contributed by atoms with Gasteiger partial charge in [-0.2, -0.15) is 0 Å². The fraction of sp³-hybridized carbons (Fsp3) is 0.846. The lowest BCUT2D eigenvalue weighted by Gasteiger charge is -2.22. The summed E-state index contributed by atoms with van der Waals surface area (Å²) in [6.45, 7) is 8.30. The number of carboxylic acid groups (broad SMARTS) is 1.